The summed E-state index contributed by atoms with van der Waals surface area (Å²) in [5.41, 5.74) is 7.08. The minimum atomic E-state index is -2.50. The maximum absolute atomic E-state index is 13.0. The zero-order chi connectivity index (χ0) is 17.6. The molecule has 0 bridgehead atoms. The first kappa shape index (κ1) is 16.3. The van der Waals surface area contributed by atoms with Crippen molar-refractivity contribution in [3.63, 3.8) is 0 Å². The molecular formula is C16H18F2N4O2S. The van der Waals surface area contributed by atoms with Crippen LogP contribution in [-0.2, 0) is 0 Å². The number of aromatic amines is 1. The van der Waals surface area contributed by atoms with E-state index in [9.17, 15) is 13.6 Å². The number of rotatable bonds is 5. The third-order valence-corrected chi connectivity index (χ3v) is 5.95. The number of nitrogens with two attached hydrogens (primary N) is 1. The van der Waals surface area contributed by atoms with E-state index in [4.69, 9.17) is 10.5 Å². The Balaban J connectivity index is 1.60. The van der Waals surface area contributed by atoms with Gasteiger partial charge in [-0.2, -0.15) is 5.10 Å². The Labute approximate surface area is 147 Å². The molecule has 1 aliphatic heterocycles. The van der Waals surface area contributed by atoms with Gasteiger partial charge in [-0.3, -0.25) is 9.89 Å². The summed E-state index contributed by atoms with van der Waals surface area (Å²) in [6.45, 7) is 1.70. The van der Waals surface area contributed by atoms with Crippen molar-refractivity contribution in [2.24, 2.45) is 11.7 Å². The molecule has 1 saturated carbocycles. The number of anilines is 1. The number of carbonyl (C=O) groups excluding carboxylic acids is 1. The van der Waals surface area contributed by atoms with Crippen LogP contribution in [-0.4, -0.2) is 41.7 Å². The summed E-state index contributed by atoms with van der Waals surface area (Å²) in [6, 6.07) is 0. The van der Waals surface area contributed by atoms with E-state index < -0.39 is 11.8 Å². The zero-order valence-corrected chi connectivity index (χ0v) is 14.2. The van der Waals surface area contributed by atoms with Gasteiger partial charge < -0.3 is 15.4 Å². The van der Waals surface area contributed by atoms with Crippen molar-refractivity contribution >= 4 is 22.9 Å². The van der Waals surface area contributed by atoms with Crippen molar-refractivity contribution < 1.29 is 18.3 Å². The number of carbonyl (C=O) groups is 1. The van der Waals surface area contributed by atoms with Crippen LogP contribution in [0.15, 0.2) is 12.4 Å². The minimum Gasteiger partial charge on any atom is -0.488 e. The number of nitrogens with zero attached hydrogens (tertiary/aromatic N) is 2. The van der Waals surface area contributed by atoms with Gasteiger partial charge in [0.2, 0.25) is 5.92 Å². The summed E-state index contributed by atoms with van der Waals surface area (Å²) in [7, 11) is 0. The van der Waals surface area contributed by atoms with Crippen LogP contribution in [0, 0.1) is 5.92 Å². The van der Waals surface area contributed by atoms with Gasteiger partial charge in [0.15, 0.2) is 5.75 Å². The van der Waals surface area contributed by atoms with E-state index in [1.54, 1.807) is 12.4 Å². The quantitative estimate of drug-likeness (QED) is 0.850. The molecule has 3 N–H and O–H groups in total. The highest BCUT2D eigenvalue weighted by Gasteiger charge is 2.45. The molecule has 2 aliphatic rings. The molecule has 0 radical (unpaired) electrons. The summed E-state index contributed by atoms with van der Waals surface area (Å²) >= 11 is 1.28. The van der Waals surface area contributed by atoms with Crippen molar-refractivity contribution in [2.75, 3.05) is 24.6 Å². The lowest BCUT2D eigenvalue weighted by Crippen LogP contribution is -2.40. The topological polar surface area (TPSA) is 84.2 Å². The van der Waals surface area contributed by atoms with Crippen LogP contribution in [0.2, 0.25) is 0 Å². The number of alkyl halides is 2. The fourth-order valence-electron chi connectivity index (χ4n) is 3.48. The summed E-state index contributed by atoms with van der Waals surface area (Å²) in [4.78, 5) is 15.2. The van der Waals surface area contributed by atoms with E-state index in [-0.39, 0.29) is 18.8 Å². The molecule has 0 spiro atoms. The number of halogens is 2. The van der Waals surface area contributed by atoms with E-state index in [1.165, 1.54) is 11.3 Å². The average Bonchev–Trinajstić information content (AvgIpc) is 3.17. The predicted octanol–water partition coefficient (Wildman–Crippen LogP) is 2.87. The van der Waals surface area contributed by atoms with Gasteiger partial charge in [0, 0.05) is 31.1 Å². The Kier molecular flexibility index (Phi) is 3.90. The second kappa shape index (κ2) is 5.98. The Hall–Kier alpha value is -2.16. The number of fused-ring (bicyclic) bond motifs is 1. The first-order valence-electron chi connectivity index (χ1n) is 8.16. The third kappa shape index (κ3) is 2.97. The Bertz CT molecular complexity index is 782. The van der Waals surface area contributed by atoms with E-state index in [1.807, 2.05) is 4.90 Å². The van der Waals surface area contributed by atoms with Gasteiger partial charge in [-0.05, 0) is 12.3 Å². The molecule has 4 rings (SSSR count). The number of nitrogens with one attached hydrogen (secondary N) is 1. The number of hydrogen-bond donors (Lipinski definition) is 2. The van der Waals surface area contributed by atoms with Gasteiger partial charge >= 0.3 is 0 Å². The van der Waals surface area contributed by atoms with Crippen LogP contribution in [0.4, 0.5) is 14.5 Å². The van der Waals surface area contributed by atoms with Gasteiger partial charge in [0.1, 0.15) is 17.2 Å². The van der Waals surface area contributed by atoms with Crippen LogP contribution >= 0.6 is 11.3 Å². The van der Waals surface area contributed by atoms with Crippen LogP contribution in [0.25, 0.3) is 10.4 Å². The maximum atomic E-state index is 13.0. The lowest BCUT2D eigenvalue weighted by molar-refractivity contribution is -0.111. The van der Waals surface area contributed by atoms with Gasteiger partial charge in [0.05, 0.1) is 17.6 Å². The molecule has 6 nitrogen and oxygen atoms in total. The van der Waals surface area contributed by atoms with Crippen molar-refractivity contribution in [3.8, 4) is 16.2 Å². The smallest absolute Gasteiger partial charge is 0.261 e. The molecule has 0 saturated heterocycles. The summed E-state index contributed by atoms with van der Waals surface area (Å²) in [5, 5.41) is 6.69. The van der Waals surface area contributed by atoms with E-state index in [2.05, 4.69) is 10.2 Å². The molecule has 1 amide bonds. The van der Waals surface area contributed by atoms with E-state index >= 15 is 0 Å². The minimum absolute atomic E-state index is 0.0327. The number of amides is 1. The lowest BCUT2D eigenvalue weighted by Gasteiger charge is -2.37. The fraction of sp³-hybridized carbons (Fsp3) is 0.500. The number of ether oxygens (including phenoxy) is 1. The van der Waals surface area contributed by atoms with Crippen LogP contribution in [0.5, 0.6) is 5.75 Å². The molecule has 0 atom stereocenters. The monoisotopic (exact) mass is 368 g/mol. The summed E-state index contributed by atoms with van der Waals surface area (Å²) < 4.78 is 31.9. The predicted molar refractivity (Wildman–Crippen MR) is 90.4 cm³/mol. The summed E-state index contributed by atoms with van der Waals surface area (Å²) in [6.07, 6.45) is 3.98. The molecule has 2 aromatic heterocycles. The van der Waals surface area contributed by atoms with Gasteiger partial charge in [0.25, 0.3) is 5.91 Å². The molecule has 0 unspecified atom stereocenters. The zero-order valence-electron chi connectivity index (χ0n) is 13.4. The van der Waals surface area contributed by atoms with Crippen molar-refractivity contribution in [1.29, 1.82) is 0 Å². The lowest BCUT2D eigenvalue weighted by atomic mass is 9.79. The largest absolute Gasteiger partial charge is 0.488 e. The average molecular weight is 368 g/mol. The maximum Gasteiger partial charge on any atom is 0.261 e. The molecule has 3 heterocycles. The number of aromatic nitrogens is 2. The second-order valence-corrected chi connectivity index (χ2v) is 7.56. The van der Waals surface area contributed by atoms with Crippen LogP contribution < -0.4 is 15.4 Å². The first-order chi connectivity index (χ1) is 11.9. The third-order valence-electron chi connectivity index (χ3n) is 4.73. The highest BCUT2D eigenvalue weighted by molar-refractivity contribution is 7.18. The normalized spacial score (nSPS) is 19.2. The number of primary amides is 1. The molecule has 2 aromatic rings. The molecule has 1 fully saturated rings. The van der Waals surface area contributed by atoms with E-state index in [0.29, 0.717) is 42.4 Å². The Morgan fingerprint density at radius 1 is 1.52 bits per heavy atom. The highest BCUT2D eigenvalue weighted by atomic mass is 32.1. The molecule has 134 valence electrons. The van der Waals surface area contributed by atoms with Crippen LogP contribution in [0.3, 0.4) is 0 Å². The number of hydrogen-bond acceptors (Lipinski definition) is 5. The first-order valence-corrected chi connectivity index (χ1v) is 8.97. The van der Waals surface area contributed by atoms with Gasteiger partial charge in [-0.15, -0.1) is 11.3 Å². The molecular weight excluding hydrogens is 350 g/mol. The standard InChI is InChI=1S/C16H18F2N4O2S/c17-16(18)5-9(6-16)1-2-22-3-4-24-12-11(22)14(15(19)23)25-13(12)10-7-20-21-8-10/h7-9H,1-6H2,(H2,19,23)(H,20,21). The van der Waals surface area contributed by atoms with E-state index in [0.717, 1.165) is 10.4 Å². The number of thiophene rings is 1. The highest BCUT2D eigenvalue weighted by Crippen LogP contribution is 2.50. The molecule has 0 aromatic carbocycles. The Morgan fingerprint density at radius 2 is 2.32 bits per heavy atom. The fourth-order valence-corrected chi connectivity index (χ4v) is 4.58. The van der Waals surface area contributed by atoms with Crippen molar-refractivity contribution in [1.82, 2.24) is 10.2 Å². The van der Waals surface area contributed by atoms with Gasteiger partial charge in [-0.25, -0.2) is 8.78 Å². The number of H-pyrrole nitrogens is 1. The second-order valence-electron chi connectivity index (χ2n) is 6.54. The Morgan fingerprint density at radius 3 is 2.96 bits per heavy atom. The van der Waals surface area contributed by atoms with Crippen molar-refractivity contribution in [3.05, 3.63) is 17.3 Å². The SMILES string of the molecule is NC(=O)c1sc(-c2cn[nH]c2)c2c1N(CCC1CC(F)(F)C1)CCO2. The van der Waals surface area contributed by atoms with Gasteiger partial charge in [-0.1, -0.05) is 0 Å². The van der Waals surface area contributed by atoms with Crippen molar-refractivity contribution in [2.45, 2.75) is 25.2 Å². The molecule has 1 aliphatic carbocycles. The molecule has 9 heteroatoms. The van der Waals surface area contributed by atoms with Crippen LogP contribution in [0.1, 0.15) is 28.9 Å². The summed E-state index contributed by atoms with van der Waals surface area (Å²) in [5.74, 6) is -2.35. The molecule has 25 heavy (non-hydrogen) atoms.